The summed E-state index contributed by atoms with van der Waals surface area (Å²) >= 11 is 0. The van der Waals surface area contributed by atoms with Gasteiger partial charge in [0.1, 0.15) is 23.2 Å². The van der Waals surface area contributed by atoms with E-state index in [0.717, 1.165) is 11.3 Å². The second kappa shape index (κ2) is 6.38. The van der Waals surface area contributed by atoms with E-state index in [0.29, 0.717) is 24.2 Å². The van der Waals surface area contributed by atoms with Gasteiger partial charge in [0.25, 0.3) is 0 Å². The van der Waals surface area contributed by atoms with E-state index < -0.39 is 0 Å². The van der Waals surface area contributed by atoms with Crippen LogP contribution >= 0.6 is 0 Å². The highest BCUT2D eigenvalue weighted by molar-refractivity contribution is 5.91. The third kappa shape index (κ3) is 3.36. The third-order valence-electron chi connectivity index (χ3n) is 2.82. The largest absolute Gasteiger partial charge is 0.497 e. The van der Waals surface area contributed by atoms with Gasteiger partial charge in [0.2, 0.25) is 5.91 Å². The first kappa shape index (κ1) is 13.6. The Hall–Kier alpha value is -2.81. The van der Waals surface area contributed by atoms with Crippen LogP contribution in [-0.4, -0.2) is 23.2 Å². The van der Waals surface area contributed by atoms with E-state index in [4.69, 9.17) is 10.00 Å². The molecule has 1 heterocycles. The van der Waals surface area contributed by atoms with Crippen LogP contribution in [0.2, 0.25) is 0 Å². The number of aromatic nitrogens is 2. The predicted octanol–water partition coefficient (Wildman–Crippen LogP) is 1.86. The van der Waals surface area contributed by atoms with Crippen molar-refractivity contribution in [2.45, 2.75) is 12.8 Å². The van der Waals surface area contributed by atoms with Crippen molar-refractivity contribution in [3.05, 3.63) is 41.6 Å². The Morgan fingerprint density at radius 1 is 1.45 bits per heavy atom. The van der Waals surface area contributed by atoms with Gasteiger partial charge in [0.15, 0.2) is 0 Å². The SMILES string of the molecule is COc1ccc(CCC(=O)Nc2[nH]ncc2C#N)cc1. The lowest BCUT2D eigenvalue weighted by molar-refractivity contribution is -0.116. The molecule has 20 heavy (non-hydrogen) atoms. The number of nitrogens with zero attached hydrogens (tertiary/aromatic N) is 2. The molecule has 2 rings (SSSR count). The van der Waals surface area contributed by atoms with Crippen molar-refractivity contribution in [2.75, 3.05) is 12.4 Å². The lowest BCUT2D eigenvalue weighted by Gasteiger charge is -2.04. The van der Waals surface area contributed by atoms with Crippen molar-refractivity contribution in [1.82, 2.24) is 10.2 Å². The zero-order chi connectivity index (χ0) is 14.4. The molecule has 0 aliphatic heterocycles. The van der Waals surface area contributed by atoms with Crippen LogP contribution in [0.25, 0.3) is 0 Å². The molecule has 6 nitrogen and oxygen atoms in total. The Morgan fingerprint density at radius 2 is 2.20 bits per heavy atom. The molecule has 2 N–H and O–H groups in total. The van der Waals surface area contributed by atoms with Crippen LogP contribution in [-0.2, 0) is 11.2 Å². The molecule has 1 aromatic heterocycles. The summed E-state index contributed by atoms with van der Waals surface area (Å²) in [5, 5.41) is 17.7. The molecule has 0 aliphatic rings. The average molecular weight is 270 g/mol. The van der Waals surface area contributed by atoms with E-state index in [1.54, 1.807) is 7.11 Å². The maximum absolute atomic E-state index is 11.8. The summed E-state index contributed by atoms with van der Waals surface area (Å²) in [6.45, 7) is 0. The minimum atomic E-state index is -0.165. The molecular formula is C14H14N4O2. The number of anilines is 1. The smallest absolute Gasteiger partial charge is 0.225 e. The second-order valence-corrected chi connectivity index (χ2v) is 4.17. The van der Waals surface area contributed by atoms with Gasteiger partial charge in [-0.25, -0.2) is 0 Å². The summed E-state index contributed by atoms with van der Waals surface area (Å²) in [6.07, 6.45) is 2.32. The number of benzene rings is 1. The van der Waals surface area contributed by atoms with Crippen LogP contribution < -0.4 is 10.1 Å². The van der Waals surface area contributed by atoms with Gasteiger partial charge in [-0.05, 0) is 24.1 Å². The molecule has 1 amide bonds. The van der Waals surface area contributed by atoms with Crippen molar-refractivity contribution < 1.29 is 9.53 Å². The molecule has 0 radical (unpaired) electrons. The molecule has 102 valence electrons. The standard InChI is InChI=1S/C14H14N4O2/c1-20-12-5-2-10(3-6-12)4-7-13(19)17-14-11(8-15)9-16-18-14/h2-3,5-6,9H,4,7H2,1H3,(H2,16,17,18,19). The van der Waals surface area contributed by atoms with E-state index >= 15 is 0 Å². The van der Waals surface area contributed by atoms with Crippen LogP contribution in [0, 0.1) is 11.3 Å². The van der Waals surface area contributed by atoms with Gasteiger partial charge in [-0.2, -0.15) is 10.4 Å². The number of hydrogen-bond donors (Lipinski definition) is 2. The molecule has 2 aromatic rings. The van der Waals surface area contributed by atoms with Gasteiger partial charge in [-0.3, -0.25) is 9.89 Å². The Balaban J connectivity index is 1.87. The molecule has 0 saturated heterocycles. The van der Waals surface area contributed by atoms with Crippen LogP contribution in [0.5, 0.6) is 5.75 Å². The fraction of sp³-hybridized carbons (Fsp3) is 0.214. The van der Waals surface area contributed by atoms with Crippen LogP contribution in [0.1, 0.15) is 17.5 Å². The summed E-state index contributed by atoms with van der Waals surface area (Å²) in [7, 11) is 1.61. The lowest BCUT2D eigenvalue weighted by atomic mass is 10.1. The maximum Gasteiger partial charge on any atom is 0.225 e. The number of carbonyl (C=O) groups is 1. The van der Waals surface area contributed by atoms with E-state index in [1.807, 2.05) is 30.3 Å². The molecule has 1 aromatic carbocycles. The lowest BCUT2D eigenvalue weighted by Crippen LogP contribution is -2.13. The number of carbonyl (C=O) groups excluding carboxylic acids is 1. The molecule has 0 aliphatic carbocycles. The van der Waals surface area contributed by atoms with E-state index in [9.17, 15) is 4.79 Å². The van der Waals surface area contributed by atoms with Gasteiger partial charge in [-0.1, -0.05) is 12.1 Å². The third-order valence-corrected chi connectivity index (χ3v) is 2.82. The Bertz CT molecular complexity index is 625. The predicted molar refractivity (Wildman–Crippen MR) is 73.2 cm³/mol. The average Bonchev–Trinajstić information content (AvgIpc) is 2.92. The van der Waals surface area contributed by atoms with Gasteiger partial charge < -0.3 is 10.1 Å². The maximum atomic E-state index is 11.8. The molecule has 0 fully saturated rings. The van der Waals surface area contributed by atoms with Crippen LogP contribution in [0.3, 0.4) is 0 Å². The number of hydrogen-bond acceptors (Lipinski definition) is 4. The quantitative estimate of drug-likeness (QED) is 0.867. The van der Waals surface area contributed by atoms with Crippen molar-refractivity contribution in [3.8, 4) is 11.8 Å². The fourth-order valence-corrected chi connectivity index (χ4v) is 1.72. The molecule has 0 atom stereocenters. The van der Waals surface area contributed by atoms with Crippen LogP contribution in [0.4, 0.5) is 5.82 Å². The second-order valence-electron chi connectivity index (χ2n) is 4.17. The number of amides is 1. The summed E-state index contributed by atoms with van der Waals surface area (Å²) in [5.41, 5.74) is 1.37. The van der Waals surface area contributed by atoms with Gasteiger partial charge in [0.05, 0.1) is 13.3 Å². The summed E-state index contributed by atoms with van der Waals surface area (Å²) in [6, 6.07) is 9.50. The first-order valence-corrected chi connectivity index (χ1v) is 6.09. The minimum Gasteiger partial charge on any atom is -0.497 e. The zero-order valence-electron chi connectivity index (χ0n) is 11.0. The Morgan fingerprint density at radius 3 is 2.85 bits per heavy atom. The van der Waals surface area contributed by atoms with Gasteiger partial charge in [-0.15, -0.1) is 0 Å². The Labute approximate surface area is 116 Å². The number of nitriles is 1. The number of ether oxygens (including phenoxy) is 1. The number of nitrogens with one attached hydrogen (secondary N) is 2. The number of aryl methyl sites for hydroxylation is 1. The topological polar surface area (TPSA) is 90.8 Å². The van der Waals surface area contributed by atoms with E-state index in [-0.39, 0.29) is 5.91 Å². The summed E-state index contributed by atoms with van der Waals surface area (Å²) in [5.74, 6) is 0.961. The van der Waals surface area contributed by atoms with Crippen LogP contribution in [0.15, 0.2) is 30.5 Å². The van der Waals surface area contributed by atoms with Gasteiger partial charge >= 0.3 is 0 Å². The number of H-pyrrole nitrogens is 1. The monoisotopic (exact) mass is 270 g/mol. The molecule has 0 spiro atoms. The number of methoxy groups -OCH3 is 1. The van der Waals surface area contributed by atoms with Crippen molar-refractivity contribution in [3.63, 3.8) is 0 Å². The first-order valence-electron chi connectivity index (χ1n) is 6.09. The van der Waals surface area contributed by atoms with Gasteiger partial charge in [0, 0.05) is 6.42 Å². The Kier molecular flexibility index (Phi) is 4.35. The first-order chi connectivity index (χ1) is 9.72. The van der Waals surface area contributed by atoms with E-state index in [1.165, 1.54) is 6.20 Å². The van der Waals surface area contributed by atoms with Crippen molar-refractivity contribution >= 4 is 11.7 Å². The van der Waals surface area contributed by atoms with Crippen molar-refractivity contribution in [1.29, 1.82) is 5.26 Å². The fourth-order valence-electron chi connectivity index (χ4n) is 1.72. The summed E-state index contributed by atoms with van der Waals surface area (Å²) in [4.78, 5) is 11.8. The molecule has 6 heteroatoms. The van der Waals surface area contributed by atoms with E-state index in [2.05, 4.69) is 15.5 Å². The molecule has 0 bridgehead atoms. The highest BCUT2D eigenvalue weighted by atomic mass is 16.5. The zero-order valence-corrected chi connectivity index (χ0v) is 11.0. The summed E-state index contributed by atoms with van der Waals surface area (Å²) < 4.78 is 5.07. The highest BCUT2D eigenvalue weighted by Gasteiger charge is 2.08. The molecule has 0 unspecified atom stereocenters. The number of aromatic amines is 1. The van der Waals surface area contributed by atoms with Crippen molar-refractivity contribution in [2.24, 2.45) is 0 Å². The minimum absolute atomic E-state index is 0.165. The molecule has 0 saturated carbocycles. The highest BCUT2D eigenvalue weighted by Crippen LogP contribution is 2.13. The number of rotatable bonds is 5. The normalized spacial score (nSPS) is 9.80. The molecular weight excluding hydrogens is 256 g/mol.